The number of carbonyl (C=O) groups excluding carboxylic acids is 1. The number of nitrogens with zero attached hydrogens (tertiary/aromatic N) is 3. The van der Waals surface area contributed by atoms with Crippen LogP contribution >= 0.6 is 0 Å². The number of rotatable bonds is 4. The third kappa shape index (κ3) is 3.18. The Morgan fingerprint density at radius 1 is 1.59 bits per heavy atom. The van der Waals surface area contributed by atoms with E-state index < -0.39 is 0 Å². The van der Waals surface area contributed by atoms with E-state index in [2.05, 4.69) is 16.4 Å². The second-order valence-electron chi connectivity index (χ2n) is 3.62. The first kappa shape index (κ1) is 13.0. The summed E-state index contributed by atoms with van der Waals surface area (Å²) in [6, 6.07) is 5.61. The SMILES string of the molecule is CCN(CC(=O)NC)c1nc(C)ccc1C#N. The zero-order valence-corrected chi connectivity index (χ0v) is 10.3. The van der Waals surface area contributed by atoms with Crippen molar-refractivity contribution in [1.82, 2.24) is 10.3 Å². The first-order valence-electron chi connectivity index (χ1n) is 5.45. The molecular formula is C12H16N4O. The van der Waals surface area contributed by atoms with Gasteiger partial charge in [-0.25, -0.2) is 4.98 Å². The topological polar surface area (TPSA) is 69.0 Å². The highest BCUT2D eigenvalue weighted by atomic mass is 16.1. The molecular weight excluding hydrogens is 216 g/mol. The molecule has 0 spiro atoms. The van der Waals surface area contributed by atoms with Gasteiger partial charge in [-0.1, -0.05) is 0 Å². The average molecular weight is 232 g/mol. The van der Waals surface area contributed by atoms with Crippen molar-refractivity contribution in [2.75, 3.05) is 25.0 Å². The maximum absolute atomic E-state index is 11.4. The Morgan fingerprint density at radius 2 is 2.29 bits per heavy atom. The van der Waals surface area contributed by atoms with Crippen molar-refractivity contribution in [3.05, 3.63) is 23.4 Å². The second kappa shape index (κ2) is 5.85. The van der Waals surface area contributed by atoms with Crippen LogP contribution in [-0.4, -0.2) is 31.0 Å². The highest BCUT2D eigenvalue weighted by Crippen LogP contribution is 2.17. The van der Waals surface area contributed by atoms with E-state index in [9.17, 15) is 4.79 Å². The molecule has 1 amide bonds. The predicted molar refractivity (Wildman–Crippen MR) is 65.6 cm³/mol. The number of nitriles is 1. The van der Waals surface area contributed by atoms with Gasteiger partial charge in [0, 0.05) is 19.3 Å². The quantitative estimate of drug-likeness (QED) is 0.835. The predicted octanol–water partition coefficient (Wildman–Crippen LogP) is 0.834. The lowest BCUT2D eigenvalue weighted by Gasteiger charge is -2.22. The summed E-state index contributed by atoms with van der Waals surface area (Å²) in [6.45, 7) is 4.61. The Morgan fingerprint density at radius 3 is 2.82 bits per heavy atom. The minimum absolute atomic E-state index is 0.0981. The van der Waals surface area contributed by atoms with E-state index in [1.165, 1.54) is 0 Å². The Balaban J connectivity index is 3.06. The number of hydrogen-bond acceptors (Lipinski definition) is 4. The van der Waals surface area contributed by atoms with Gasteiger partial charge in [0.2, 0.25) is 5.91 Å². The van der Waals surface area contributed by atoms with Gasteiger partial charge in [0.25, 0.3) is 0 Å². The van der Waals surface area contributed by atoms with Gasteiger partial charge < -0.3 is 10.2 Å². The Labute approximate surface area is 101 Å². The fraction of sp³-hybridized carbons (Fsp3) is 0.417. The zero-order chi connectivity index (χ0) is 12.8. The molecule has 1 heterocycles. The molecule has 90 valence electrons. The van der Waals surface area contributed by atoms with Crippen LogP contribution in [0.4, 0.5) is 5.82 Å². The van der Waals surface area contributed by atoms with E-state index in [-0.39, 0.29) is 12.5 Å². The van der Waals surface area contributed by atoms with Crippen LogP contribution in [0.1, 0.15) is 18.2 Å². The maximum atomic E-state index is 11.4. The van der Waals surface area contributed by atoms with Crippen LogP contribution in [0.15, 0.2) is 12.1 Å². The number of nitrogens with one attached hydrogen (secondary N) is 1. The minimum atomic E-state index is -0.0981. The molecule has 0 aliphatic carbocycles. The molecule has 1 aromatic heterocycles. The molecule has 5 nitrogen and oxygen atoms in total. The van der Waals surface area contributed by atoms with Crippen LogP contribution in [0.2, 0.25) is 0 Å². The molecule has 1 N–H and O–H groups in total. The number of carbonyl (C=O) groups is 1. The van der Waals surface area contributed by atoms with Crippen LogP contribution in [0.3, 0.4) is 0 Å². The zero-order valence-electron chi connectivity index (χ0n) is 10.3. The van der Waals surface area contributed by atoms with Gasteiger partial charge in [0.05, 0.1) is 12.1 Å². The van der Waals surface area contributed by atoms with Crippen LogP contribution in [0, 0.1) is 18.3 Å². The van der Waals surface area contributed by atoms with Crippen molar-refractivity contribution in [3.63, 3.8) is 0 Å². The molecule has 0 saturated heterocycles. The number of anilines is 1. The molecule has 0 aromatic carbocycles. The summed E-state index contributed by atoms with van der Waals surface area (Å²) in [5, 5.41) is 11.6. The van der Waals surface area contributed by atoms with E-state index in [1.54, 1.807) is 24.1 Å². The van der Waals surface area contributed by atoms with Crippen LogP contribution in [-0.2, 0) is 4.79 Å². The minimum Gasteiger partial charge on any atom is -0.358 e. The molecule has 5 heteroatoms. The van der Waals surface area contributed by atoms with Crippen LogP contribution < -0.4 is 10.2 Å². The molecule has 1 rings (SSSR count). The van der Waals surface area contributed by atoms with E-state index >= 15 is 0 Å². The van der Waals surface area contributed by atoms with Gasteiger partial charge in [0.1, 0.15) is 11.9 Å². The molecule has 0 unspecified atom stereocenters. The van der Waals surface area contributed by atoms with Gasteiger partial charge >= 0.3 is 0 Å². The summed E-state index contributed by atoms with van der Waals surface area (Å²) in [6.07, 6.45) is 0. The first-order valence-corrected chi connectivity index (χ1v) is 5.45. The third-order valence-electron chi connectivity index (χ3n) is 2.43. The standard InChI is InChI=1S/C12H16N4O/c1-4-16(8-11(17)14-3)12-10(7-13)6-5-9(2)15-12/h5-6H,4,8H2,1-3H3,(H,14,17). The number of aromatic nitrogens is 1. The van der Waals surface area contributed by atoms with Crippen molar-refractivity contribution < 1.29 is 4.79 Å². The van der Waals surface area contributed by atoms with Gasteiger partial charge in [-0.05, 0) is 26.0 Å². The summed E-state index contributed by atoms with van der Waals surface area (Å²) in [5.41, 5.74) is 1.32. The van der Waals surface area contributed by atoms with Gasteiger partial charge in [-0.3, -0.25) is 4.79 Å². The Kier molecular flexibility index (Phi) is 4.46. The lowest BCUT2D eigenvalue weighted by molar-refractivity contribution is -0.119. The fourth-order valence-electron chi connectivity index (χ4n) is 1.46. The summed E-state index contributed by atoms with van der Waals surface area (Å²) in [5.74, 6) is 0.470. The molecule has 0 aliphatic heterocycles. The molecule has 0 radical (unpaired) electrons. The van der Waals surface area contributed by atoms with Crippen LogP contribution in [0.25, 0.3) is 0 Å². The molecule has 0 saturated carbocycles. The van der Waals surface area contributed by atoms with Gasteiger partial charge in [-0.2, -0.15) is 5.26 Å². The molecule has 1 aromatic rings. The average Bonchev–Trinajstić information content (AvgIpc) is 2.35. The first-order chi connectivity index (χ1) is 8.12. The van der Waals surface area contributed by atoms with E-state index in [0.29, 0.717) is 17.9 Å². The fourth-order valence-corrected chi connectivity index (χ4v) is 1.46. The van der Waals surface area contributed by atoms with E-state index in [4.69, 9.17) is 5.26 Å². The van der Waals surface area contributed by atoms with Crippen molar-refractivity contribution >= 4 is 11.7 Å². The van der Waals surface area contributed by atoms with Crippen molar-refractivity contribution in [1.29, 1.82) is 5.26 Å². The largest absolute Gasteiger partial charge is 0.358 e. The highest BCUT2D eigenvalue weighted by molar-refractivity contribution is 5.81. The van der Waals surface area contributed by atoms with Crippen molar-refractivity contribution in [2.24, 2.45) is 0 Å². The van der Waals surface area contributed by atoms with E-state index in [1.807, 2.05) is 13.8 Å². The highest BCUT2D eigenvalue weighted by Gasteiger charge is 2.14. The summed E-state index contributed by atoms with van der Waals surface area (Å²) in [7, 11) is 1.59. The Bertz CT molecular complexity index is 450. The number of hydrogen-bond donors (Lipinski definition) is 1. The molecule has 0 bridgehead atoms. The van der Waals surface area contributed by atoms with Gasteiger partial charge in [0.15, 0.2) is 0 Å². The molecule has 0 atom stereocenters. The van der Waals surface area contributed by atoms with E-state index in [0.717, 1.165) is 5.69 Å². The second-order valence-corrected chi connectivity index (χ2v) is 3.62. The summed E-state index contributed by atoms with van der Waals surface area (Å²) < 4.78 is 0. The number of pyridine rings is 1. The summed E-state index contributed by atoms with van der Waals surface area (Å²) in [4.78, 5) is 17.5. The number of likely N-dealkylation sites (N-methyl/N-ethyl adjacent to an activating group) is 2. The van der Waals surface area contributed by atoms with Crippen LogP contribution in [0.5, 0.6) is 0 Å². The monoisotopic (exact) mass is 232 g/mol. The number of aryl methyl sites for hydroxylation is 1. The van der Waals surface area contributed by atoms with Gasteiger partial charge in [-0.15, -0.1) is 0 Å². The molecule has 0 fully saturated rings. The maximum Gasteiger partial charge on any atom is 0.239 e. The lowest BCUT2D eigenvalue weighted by atomic mass is 10.2. The third-order valence-corrected chi connectivity index (χ3v) is 2.43. The molecule has 17 heavy (non-hydrogen) atoms. The smallest absolute Gasteiger partial charge is 0.239 e. The normalized spacial score (nSPS) is 9.53. The lowest BCUT2D eigenvalue weighted by Crippen LogP contribution is -2.36. The molecule has 0 aliphatic rings. The Hall–Kier alpha value is -2.09. The van der Waals surface area contributed by atoms with Crippen molar-refractivity contribution in [3.8, 4) is 6.07 Å². The summed E-state index contributed by atoms with van der Waals surface area (Å²) >= 11 is 0. The van der Waals surface area contributed by atoms with Crippen molar-refractivity contribution in [2.45, 2.75) is 13.8 Å². The number of amides is 1.